The molecule has 0 fully saturated rings. The van der Waals surface area contributed by atoms with Gasteiger partial charge in [-0.25, -0.2) is 0 Å². The lowest BCUT2D eigenvalue weighted by atomic mass is 9.89. The molecule has 96 valence electrons. The van der Waals surface area contributed by atoms with Crippen LogP contribution in [0.3, 0.4) is 0 Å². The monoisotopic (exact) mass is 230 g/mol. The molecule has 0 aliphatic rings. The summed E-state index contributed by atoms with van der Waals surface area (Å²) in [6.45, 7) is 8.68. The van der Waals surface area contributed by atoms with Crippen molar-refractivity contribution in [1.82, 2.24) is 5.32 Å². The van der Waals surface area contributed by atoms with Gasteiger partial charge in [-0.1, -0.05) is 27.7 Å². The number of amides is 1. The summed E-state index contributed by atoms with van der Waals surface area (Å²) >= 11 is 0. The van der Waals surface area contributed by atoms with E-state index >= 15 is 0 Å². The van der Waals surface area contributed by atoms with Crippen LogP contribution in [0, 0.1) is 11.3 Å². The molecule has 0 aromatic heterocycles. The third-order valence-corrected chi connectivity index (χ3v) is 2.78. The van der Waals surface area contributed by atoms with E-state index in [9.17, 15) is 4.79 Å². The van der Waals surface area contributed by atoms with E-state index in [0.717, 1.165) is 12.8 Å². The summed E-state index contributed by atoms with van der Waals surface area (Å²) in [5.74, 6) is 0.0747. The van der Waals surface area contributed by atoms with E-state index in [1.54, 1.807) is 0 Å². The van der Waals surface area contributed by atoms with Crippen molar-refractivity contribution >= 4 is 5.91 Å². The minimum absolute atomic E-state index is 0.0646. The lowest BCUT2D eigenvalue weighted by Gasteiger charge is -2.21. The minimum atomic E-state index is -0.425. The summed E-state index contributed by atoms with van der Waals surface area (Å²) in [5.41, 5.74) is 5.64. The van der Waals surface area contributed by atoms with E-state index in [2.05, 4.69) is 5.32 Å². The molecular weight excluding hydrogens is 204 g/mol. The minimum Gasteiger partial charge on any atom is -0.396 e. The number of carbonyl (C=O) groups excluding carboxylic acids is 1. The molecule has 0 aromatic carbocycles. The maximum Gasteiger partial charge on any atom is 0.237 e. The molecular formula is C12H26N2O2. The first-order valence-corrected chi connectivity index (χ1v) is 5.94. The van der Waals surface area contributed by atoms with Crippen LogP contribution in [0.2, 0.25) is 0 Å². The highest BCUT2D eigenvalue weighted by molar-refractivity contribution is 5.81. The van der Waals surface area contributed by atoms with E-state index < -0.39 is 6.04 Å². The predicted molar refractivity (Wildman–Crippen MR) is 65.9 cm³/mol. The molecule has 16 heavy (non-hydrogen) atoms. The highest BCUT2D eigenvalue weighted by atomic mass is 16.3. The van der Waals surface area contributed by atoms with Crippen molar-refractivity contribution in [3.8, 4) is 0 Å². The zero-order valence-electron chi connectivity index (χ0n) is 10.9. The fourth-order valence-electron chi connectivity index (χ4n) is 1.28. The Kier molecular flexibility index (Phi) is 6.60. The van der Waals surface area contributed by atoms with Gasteiger partial charge in [-0.05, 0) is 24.2 Å². The quantitative estimate of drug-likeness (QED) is 0.568. The summed E-state index contributed by atoms with van der Waals surface area (Å²) in [5, 5.41) is 11.9. The molecule has 0 saturated heterocycles. The zero-order chi connectivity index (χ0) is 12.8. The molecule has 0 rings (SSSR count). The second-order valence-corrected chi connectivity index (χ2v) is 5.49. The number of nitrogens with one attached hydrogen (secondary N) is 1. The first-order chi connectivity index (χ1) is 7.30. The van der Waals surface area contributed by atoms with Crippen molar-refractivity contribution < 1.29 is 9.90 Å². The Balaban J connectivity index is 3.71. The number of aliphatic hydroxyl groups excluding tert-OH is 1. The number of nitrogens with two attached hydrogens (primary N) is 1. The Bertz CT molecular complexity index is 215. The summed E-state index contributed by atoms with van der Waals surface area (Å²) in [4.78, 5) is 11.5. The van der Waals surface area contributed by atoms with Gasteiger partial charge in [0.1, 0.15) is 0 Å². The first-order valence-electron chi connectivity index (χ1n) is 5.94. The SMILES string of the molecule is CC(C)[C@H](N)C(=O)NCCCC(C)(C)CO. The highest BCUT2D eigenvalue weighted by Gasteiger charge is 2.18. The summed E-state index contributed by atoms with van der Waals surface area (Å²) in [6, 6.07) is -0.425. The third kappa shape index (κ3) is 6.08. The normalized spacial score (nSPS) is 13.9. The van der Waals surface area contributed by atoms with Gasteiger partial charge in [-0.3, -0.25) is 4.79 Å². The van der Waals surface area contributed by atoms with Gasteiger partial charge >= 0.3 is 0 Å². The summed E-state index contributed by atoms with van der Waals surface area (Å²) in [6.07, 6.45) is 1.75. The molecule has 0 heterocycles. The van der Waals surface area contributed by atoms with Crippen LogP contribution in [-0.4, -0.2) is 30.2 Å². The maximum absolute atomic E-state index is 11.5. The molecule has 0 bridgehead atoms. The average Bonchev–Trinajstić information content (AvgIpc) is 2.22. The molecule has 4 heteroatoms. The molecule has 4 nitrogen and oxygen atoms in total. The second-order valence-electron chi connectivity index (χ2n) is 5.49. The van der Waals surface area contributed by atoms with Crippen molar-refractivity contribution in [3.63, 3.8) is 0 Å². The number of aliphatic hydroxyl groups is 1. The fraction of sp³-hybridized carbons (Fsp3) is 0.917. The van der Waals surface area contributed by atoms with Crippen LogP contribution in [0.4, 0.5) is 0 Å². The van der Waals surface area contributed by atoms with Gasteiger partial charge in [0.05, 0.1) is 6.04 Å². The Labute approximate surface area is 98.6 Å². The van der Waals surface area contributed by atoms with Crippen LogP contribution in [0.15, 0.2) is 0 Å². The van der Waals surface area contributed by atoms with Gasteiger partial charge in [-0.2, -0.15) is 0 Å². The standard InChI is InChI=1S/C12H26N2O2/c1-9(2)10(13)11(16)14-7-5-6-12(3,4)8-15/h9-10,15H,5-8,13H2,1-4H3,(H,14,16)/t10-/m0/s1. The highest BCUT2D eigenvalue weighted by Crippen LogP contribution is 2.20. The Morgan fingerprint density at radius 3 is 2.44 bits per heavy atom. The Hall–Kier alpha value is -0.610. The van der Waals surface area contributed by atoms with Gasteiger partial charge in [0, 0.05) is 13.2 Å². The van der Waals surface area contributed by atoms with Crippen molar-refractivity contribution in [2.45, 2.75) is 46.6 Å². The Morgan fingerprint density at radius 1 is 1.44 bits per heavy atom. The third-order valence-electron chi connectivity index (χ3n) is 2.78. The van der Waals surface area contributed by atoms with Crippen molar-refractivity contribution in [2.24, 2.45) is 17.1 Å². The number of hydrogen-bond acceptors (Lipinski definition) is 3. The molecule has 0 aromatic rings. The molecule has 1 atom stereocenters. The molecule has 4 N–H and O–H groups in total. The first kappa shape index (κ1) is 15.4. The van der Waals surface area contributed by atoms with E-state index in [-0.39, 0.29) is 23.8 Å². The zero-order valence-corrected chi connectivity index (χ0v) is 10.9. The predicted octanol–water partition coefficient (Wildman–Crippen LogP) is 0.885. The molecule has 0 saturated carbocycles. The van der Waals surface area contributed by atoms with Crippen LogP contribution >= 0.6 is 0 Å². The van der Waals surface area contributed by atoms with Crippen LogP contribution in [0.5, 0.6) is 0 Å². The fourth-order valence-corrected chi connectivity index (χ4v) is 1.28. The lowest BCUT2D eigenvalue weighted by molar-refractivity contribution is -0.123. The molecule has 0 spiro atoms. The molecule has 1 amide bonds. The topological polar surface area (TPSA) is 75.4 Å². The van der Waals surface area contributed by atoms with E-state index in [1.165, 1.54) is 0 Å². The van der Waals surface area contributed by atoms with Crippen LogP contribution in [-0.2, 0) is 4.79 Å². The largest absolute Gasteiger partial charge is 0.396 e. The number of carbonyl (C=O) groups is 1. The average molecular weight is 230 g/mol. The van der Waals surface area contributed by atoms with Gasteiger partial charge in [-0.15, -0.1) is 0 Å². The van der Waals surface area contributed by atoms with E-state index in [0.29, 0.717) is 6.54 Å². The van der Waals surface area contributed by atoms with E-state index in [1.807, 2.05) is 27.7 Å². The van der Waals surface area contributed by atoms with Gasteiger partial charge < -0.3 is 16.2 Å². The summed E-state index contributed by atoms with van der Waals surface area (Å²) in [7, 11) is 0. The smallest absolute Gasteiger partial charge is 0.237 e. The van der Waals surface area contributed by atoms with Gasteiger partial charge in [0.15, 0.2) is 0 Å². The lowest BCUT2D eigenvalue weighted by Crippen LogP contribution is -2.44. The van der Waals surface area contributed by atoms with Crippen molar-refractivity contribution in [2.75, 3.05) is 13.2 Å². The number of hydrogen-bond donors (Lipinski definition) is 3. The summed E-state index contributed by atoms with van der Waals surface area (Å²) < 4.78 is 0. The van der Waals surface area contributed by atoms with Crippen molar-refractivity contribution in [3.05, 3.63) is 0 Å². The molecule has 0 radical (unpaired) electrons. The van der Waals surface area contributed by atoms with Crippen LogP contribution in [0.1, 0.15) is 40.5 Å². The molecule has 0 aliphatic heterocycles. The Morgan fingerprint density at radius 2 is 2.00 bits per heavy atom. The van der Waals surface area contributed by atoms with Crippen molar-refractivity contribution in [1.29, 1.82) is 0 Å². The van der Waals surface area contributed by atoms with Gasteiger partial charge in [0.2, 0.25) is 5.91 Å². The number of rotatable bonds is 7. The molecule has 0 unspecified atom stereocenters. The molecule has 0 aliphatic carbocycles. The second kappa shape index (κ2) is 6.86. The maximum atomic E-state index is 11.5. The van der Waals surface area contributed by atoms with Crippen LogP contribution in [0.25, 0.3) is 0 Å². The van der Waals surface area contributed by atoms with E-state index in [4.69, 9.17) is 10.8 Å². The van der Waals surface area contributed by atoms with Crippen LogP contribution < -0.4 is 11.1 Å². The van der Waals surface area contributed by atoms with Gasteiger partial charge in [0.25, 0.3) is 0 Å².